The van der Waals surface area contributed by atoms with Crippen LogP contribution in [0.4, 0.5) is 5.13 Å². The molecule has 0 saturated heterocycles. The average molecular weight is 207 g/mol. The number of aromatic nitrogens is 1. The summed E-state index contributed by atoms with van der Waals surface area (Å²) < 4.78 is 1.00. The zero-order chi connectivity index (χ0) is 10.1. The number of benzene rings is 1. The Morgan fingerprint density at radius 2 is 2.36 bits per heavy atom. The van der Waals surface area contributed by atoms with Crippen LogP contribution in [0, 0.1) is 0 Å². The van der Waals surface area contributed by atoms with Gasteiger partial charge in [-0.25, -0.2) is 4.98 Å². The Balaban J connectivity index is 2.61. The number of rotatable bonds is 1. The first-order valence-electron chi connectivity index (χ1n) is 4.06. The van der Waals surface area contributed by atoms with E-state index in [-0.39, 0.29) is 0 Å². The number of hydrogen-bond acceptors (Lipinski definition) is 5. The fourth-order valence-corrected chi connectivity index (χ4v) is 2.00. The van der Waals surface area contributed by atoms with Crippen molar-refractivity contribution in [3.63, 3.8) is 0 Å². The van der Waals surface area contributed by atoms with Gasteiger partial charge in [0.15, 0.2) is 5.13 Å². The first kappa shape index (κ1) is 8.96. The van der Waals surface area contributed by atoms with Gasteiger partial charge in [0.25, 0.3) is 0 Å². The minimum Gasteiger partial charge on any atom is -0.411 e. The molecule has 1 aromatic heterocycles. The molecule has 72 valence electrons. The summed E-state index contributed by atoms with van der Waals surface area (Å²) in [6.07, 6.45) is 0. The maximum atomic E-state index is 8.62. The number of nitrogens with two attached hydrogens (primary N) is 1. The molecule has 0 amide bonds. The second-order valence-corrected chi connectivity index (χ2v) is 3.98. The summed E-state index contributed by atoms with van der Waals surface area (Å²) >= 11 is 1.42. The van der Waals surface area contributed by atoms with Crippen molar-refractivity contribution < 1.29 is 5.21 Å². The van der Waals surface area contributed by atoms with E-state index in [0.717, 1.165) is 15.8 Å². The molecule has 0 unspecified atom stereocenters. The molecule has 0 aliphatic rings. The third-order valence-corrected chi connectivity index (χ3v) is 2.82. The minimum absolute atomic E-state index is 0.552. The lowest BCUT2D eigenvalue weighted by molar-refractivity contribution is 0.319. The molecule has 0 spiro atoms. The summed E-state index contributed by atoms with van der Waals surface area (Å²) in [5, 5.41) is 12.3. The van der Waals surface area contributed by atoms with Crippen LogP contribution in [0.25, 0.3) is 10.2 Å². The molecule has 14 heavy (non-hydrogen) atoms. The van der Waals surface area contributed by atoms with E-state index in [1.165, 1.54) is 11.3 Å². The lowest BCUT2D eigenvalue weighted by Crippen LogP contribution is -1.92. The maximum Gasteiger partial charge on any atom is 0.181 e. The molecule has 0 fully saturated rings. The fraction of sp³-hybridized carbons (Fsp3) is 0.111. The molecule has 0 atom stereocenters. The van der Waals surface area contributed by atoms with Crippen molar-refractivity contribution in [2.75, 3.05) is 5.73 Å². The Labute approximate surface area is 84.7 Å². The molecule has 4 nitrogen and oxygen atoms in total. The Bertz CT molecular complexity index is 504. The van der Waals surface area contributed by atoms with E-state index < -0.39 is 0 Å². The molecule has 5 heteroatoms. The third kappa shape index (κ3) is 1.42. The van der Waals surface area contributed by atoms with Gasteiger partial charge in [0.05, 0.1) is 15.9 Å². The topological polar surface area (TPSA) is 71.5 Å². The predicted molar refractivity (Wildman–Crippen MR) is 58.0 cm³/mol. The Morgan fingerprint density at radius 1 is 1.57 bits per heavy atom. The second kappa shape index (κ2) is 3.26. The molecule has 2 aromatic rings. The Kier molecular flexibility index (Phi) is 2.09. The highest BCUT2D eigenvalue weighted by atomic mass is 32.1. The smallest absolute Gasteiger partial charge is 0.181 e. The van der Waals surface area contributed by atoms with Gasteiger partial charge in [0.1, 0.15) is 0 Å². The lowest BCUT2D eigenvalue weighted by atomic mass is 10.1. The Hall–Kier alpha value is -1.62. The van der Waals surface area contributed by atoms with E-state index >= 15 is 0 Å². The van der Waals surface area contributed by atoms with Crippen molar-refractivity contribution in [2.24, 2.45) is 5.16 Å². The van der Waals surface area contributed by atoms with Gasteiger partial charge in [-0.15, -0.1) is 0 Å². The first-order valence-corrected chi connectivity index (χ1v) is 4.87. The largest absolute Gasteiger partial charge is 0.411 e. The number of oxime groups is 1. The summed E-state index contributed by atoms with van der Waals surface area (Å²) in [6, 6.07) is 5.64. The monoisotopic (exact) mass is 207 g/mol. The van der Waals surface area contributed by atoms with Gasteiger partial charge in [-0.2, -0.15) is 0 Å². The van der Waals surface area contributed by atoms with Crippen molar-refractivity contribution in [1.82, 2.24) is 4.98 Å². The van der Waals surface area contributed by atoms with Crippen LogP contribution in [-0.4, -0.2) is 15.9 Å². The second-order valence-electron chi connectivity index (χ2n) is 2.92. The van der Waals surface area contributed by atoms with Gasteiger partial charge in [-0.05, 0) is 19.1 Å². The van der Waals surface area contributed by atoms with E-state index in [9.17, 15) is 0 Å². The predicted octanol–water partition coefficient (Wildman–Crippen LogP) is 2.08. The van der Waals surface area contributed by atoms with Crippen molar-refractivity contribution >= 4 is 32.4 Å². The summed E-state index contributed by atoms with van der Waals surface area (Å²) in [4.78, 5) is 4.13. The number of hydrogen-bond donors (Lipinski definition) is 2. The van der Waals surface area contributed by atoms with Crippen molar-refractivity contribution in [3.8, 4) is 0 Å². The molecule has 3 N–H and O–H groups in total. The number of thiazole rings is 1. The number of nitrogens with zero attached hydrogens (tertiary/aromatic N) is 2. The average Bonchev–Trinajstić information content (AvgIpc) is 2.55. The van der Waals surface area contributed by atoms with E-state index in [1.54, 1.807) is 6.92 Å². The van der Waals surface area contributed by atoms with Crippen LogP contribution in [0.3, 0.4) is 0 Å². The van der Waals surface area contributed by atoms with Crippen molar-refractivity contribution in [3.05, 3.63) is 23.8 Å². The normalized spacial score (nSPS) is 12.2. The molecule has 1 heterocycles. The SMILES string of the molecule is CC(=NO)c1ccc2nc(N)sc2c1. The van der Waals surface area contributed by atoms with E-state index in [0.29, 0.717) is 10.8 Å². The van der Waals surface area contributed by atoms with Gasteiger partial charge in [0.2, 0.25) is 0 Å². The van der Waals surface area contributed by atoms with Crippen molar-refractivity contribution in [1.29, 1.82) is 0 Å². The minimum atomic E-state index is 0.552. The van der Waals surface area contributed by atoms with Crippen LogP contribution >= 0.6 is 11.3 Å². The standard InChI is InChI=1S/C9H9N3OS/c1-5(12-13)6-2-3-7-8(4-6)14-9(10)11-7/h2-4,13H,1H3,(H2,10,11). The highest BCUT2D eigenvalue weighted by Gasteiger charge is 2.03. The van der Waals surface area contributed by atoms with Crippen LogP contribution in [-0.2, 0) is 0 Å². The van der Waals surface area contributed by atoms with Crippen LogP contribution < -0.4 is 5.73 Å². The van der Waals surface area contributed by atoms with Gasteiger partial charge >= 0.3 is 0 Å². The van der Waals surface area contributed by atoms with Crippen LogP contribution in [0.15, 0.2) is 23.4 Å². The van der Waals surface area contributed by atoms with Crippen LogP contribution in [0.5, 0.6) is 0 Å². The lowest BCUT2D eigenvalue weighted by Gasteiger charge is -1.96. The Morgan fingerprint density at radius 3 is 3.07 bits per heavy atom. The zero-order valence-corrected chi connectivity index (χ0v) is 8.38. The molecule has 0 radical (unpaired) electrons. The first-order chi connectivity index (χ1) is 6.70. The molecule has 0 bridgehead atoms. The van der Waals surface area contributed by atoms with E-state index in [2.05, 4.69) is 10.1 Å². The molecule has 0 aliphatic carbocycles. The highest BCUT2D eigenvalue weighted by Crippen LogP contribution is 2.24. The van der Waals surface area contributed by atoms with Gasteiger partial charge in [0, 0.05) is 5.56 Å². The zero-order valence-electron chi connectivity index (χ0n) is 7.56. The quantitative estimate of drug-likeness (QED) is 0.427. The maximum absolute atomic E-state index is 8.62. The van der Waals surface area contributed by atoms with Crippen molar-refractivity contribution in [2.45, 2.75) is 6.92 Å². The highest BCUT2D eigenvalue weighted by molar-refractivity contribution is 7.22. The van der Waals surface area contributed by atoms with Gasteiger partial charge in [-0.1, -0.05) is 22.6 Å². The van der Waals surface area contributed by atoms with Gasteiger partial charge in [-0.3, -0.25) is 0 Å². The fourth-order valence-electron chi connectivity index (χ4n) is 1.23. The van der Waals surface area contributed by atoms with Crippen LogP contribution in [0.1, 0.15) is 12.5 Å². The third-order valence-electron chi connectivity index (χ3n) is 1.97. The van der Waals surface area contributed by atoms with Gasteiger partial charge < -0.3 is 10.9 Å². The molecule has 0 aliphatic heterocycles. The van der Waals surface area contributed by atoms with Crippen LogP contribution in [0.2, 0.25) is 0 Å². The summed E-state index contributed by atoms with van der Waals surface area (Å²) in [5.74, 6) is 0. The molecule has 1 aromatic carbocycles. The molecule has 0 saturated carbocycles. The summed E-state index contributed by atoms with van der Waals surface area (Å²) in [6.45, 7) is 1.74. The summed E-state index contributed by atoms with van der Waals surface area (Å²) in [5.41, 5.74) is 7.91. The molecular formula is C9H9N3OS. The number of anilines is 1. The number of fused-ring (bicyclic) bond motifs is 1. The van der Waals surface area contributed by atoms with E-state index in [1.807, 2.05) is 18.2 Å². The molecule has 2 rings (SSSR count). The summed E-state index contributed by atoms with van der Waals surface area (Å²) in [7, 11) is 0. The van der Waals surface area contributed by atoms with E-state index in [4.69, 9.17) is 10.9 Å². The molecular weight excluding hydrogens is 198 g/mol. The number of nitrogen functional groups attached to an aromatic ring is 1.